The van der Waals surface area contributed by atoms with E-state index in [0.717, 1.165) is 37.1 Å². The summed E-state index contributed by atoms with van der Waals surface area (Å²) in [5, 5.41) is 0. The molecule has 1 heterocycles. The van der Waals surface area contributed by atoms with E-state index in [9.17, 15) is 4.79 Å². The Morgan fingerprint density at radius 1 is 1.17 bits per heavy atom. The zero-order chi connectivity index (χ0) is 16.7. The predicted molar refractivity (Wildman–Crippen MR) is 96.2 cm³/mol. The lowest BCUT2D eigenvalue weighted by Gasteiger charge is -2.16. The maximum absolute atomic E-state index is 12.1. The van der Waals surface area contributed by atoms with Crippen molar-refractivity contribution in [3.05, 3.63) is 52.7 Å². The first-order chi connectivity index (χ1) is 11.2. The Bertz CT molecular complexity index is 707. The van der Waals surface area contributed by atoms with E-state index < -0.39 is 0 Å². The highest BCUT2D eigenvalue weighted by Crippen LogP contribution is 2.22. The van der Waals surface area contributed by atoms with Gasteiger partial charge in [-0.2, -0.15) is 0 Å². The number of pyridine rings is 1. The zero-order valence-corrected chi connectivity index (χ0v) is 14.6. The summed E-state index contributed by atoms with van der Waals surface area (Å²) in [6.45, 7) is 5.19. The second kappa shape index (κ2) is 8.63. The summed E-state index contributed by atoms with van der Waals surface area (Å²) >= 11 is 5.41. The molecule has 0 saturated carbocycles. The molecule has 0 fully saturated rings. The molecule has 0 bridgehead atoms. The first-order valence-corrected chi connectivity index (χ1v) is 8.55. The standard InChI is InChI=1S/C19H23NO2S/c1-3-5-9-12-20-14-16(19(21)22-4-2)18(23)13-17(20)15-10-7-6-8-11-15/h6-8,10-11,13-14H,3-5,9,12H2,1-2H3. The molecular formula is C19H23NO2S. The number of unbranched alkanes of at least 4 members (excludes halogenated alkanes) is 2. The zero-order valence-electron chi connectivity index (χ0n) is 13.7. The van der Waals surface area contributed by atoms with Crippen molar-refractivity contribution in [2.24, 2.45) is 0 Å². The fourth-order valence-corrected chi connectivity index (χ4v) is 2.76. The molecule has 0 N–H and O–H groups in total. The number of hydrogen-bond donors (Lipinski definition) is 0. The smallest absolute Gasteiger partial charge is 0.341 e. The summed E-state index contributed by atoms with van der Waals surface area (Å²) in [7, 11) is 0. The molecule has 0 spiro atoms. The molecule has 2 rings (SSSR count). The van der Waals surface area contributed by atoms with Gasteiger partial charge < -0.3 is 9.30 Å². The van der Waals surface area contributed by atoms with Crippen molar-refractivity contribution in [1.29, 1.82) is 0 Å². The fraction of sp³-hybridized carbons (Fsp3) is 0.368. The fourth-order valence-electron chi connectivity index (χ4n) is 2.51. The van der Waals surface area contributed by atoms with Crippen LogP contribution in [-0.4, -0.2) is 17.1 Å². The molecule has 122 valence electrons. The normalized spacial score (nSPS) is 10.5. The number of aryl methyl sites for hydroxylation is 1. The minimum absolute atomic E-state index is 0.346. The van der Waals surface area contributed by atoms with E-state index in [1.165, 1.54) is 0 Å². The second-order valence-corrected chi connectivity index (χ2v) is 5.86. The number of nitrogens with zero attached hydrogens (tertiary/aromatic N) is 1. The summed E-state index contributed by atoms with van der Waals surface area (Å²) in [5.41, 5.74) is 2.61. The molecule has 0 amide bonds. The minimum atomic E-state index is -0.346. The van der Waals surface area contributed by atoms with Crippen molar-refractivity contribution in [3.8, 4) is 11.3 Å². The van der Waals surface area contributed by atoms with E-state index in [2.05, 4.69) is 23.6 Å². The van der Waals surface area contributed by atoms with Crippen LogP contribution in [0.25, 0.3) is 11.3 Å². The van der Waals surface area contributed by atoms with Crippen LogP contribution in [0, 0.1) is 4.51 Å². The molecule has 0 radical (unpaired) electrons. The van der Waals surface area contributed by atoms with Crippen LogP contribution in [0.5, 0.6) is 0 Å². The third kappa shape index (κ3) is 4.52. The van der Waals surface area contributed by atoms with Gasteiger partial charge in [-0.1, -0.05) is 62.3 Å². The summed E-state index contributed by atoms with van der Waals surface area (Å²) in [6, 6.07) is 12.0. The lowest BCUT2D eigenvalue weighted by molar-refractivity contribution is 0.0524. The van der Waals surface area contributed by atoms with Crippen molar-refractivity contribution >= 4 is 18.2 Å². The van der Waals surface area contributed by atoms with Gasteiger partial charge in [0.15, 0.2) is 0 Å². The van der Waals surface area contributed by atoms with Gasteiger partial charge in [-0.05, 0) is 25.0 Å². The van der Waals surface area contributed by atoms with Gasteiger partial charge >= 0.3 is 5.97 Å². The van der Waals surface area contributed by atoms with Crippen LogP contribution in [-0.2, 0) is 11.3 Å². The summed E-state index contributed by atoms with van der Waals surface area (Å²) in [6.07, 6.45) is 5.23. The number of esters is 1. The van der Waals surface area contributed by atoms with Crippen molar-refractivity contribution in [3.63, 3.8) is 0 Å². The van der Waals surface area contributed by atoms with Crippen LogP contribution < -0.4 is 0 Å². The van der Waals surface area contributed by atoms with Crippen LogP contribution in [0.3, 0.4) is 0 Å². The number of carbonyl (C=O) groups is 1. The maximum Gasteiger partial charge on any atom is 0.341 e. The van der Waals surface area contributed by atoms with Crippen LogP contribution in [0.1, 0.15) is 43.5 Å². The van der Waals surface area contributed by atoms with Gasteiger partial charge in [0.2, 0.25) is 0 Å². The summed E-state index contributed by atoms with van der Waals surface area (Å²) < 4.78 is 7.77. The SMILES string of the molecule is CCCCCn1cc(C(=O)OCC)c(=S)cc1-c1ccccc1. The van der Waals surface area contributed by atoms with E-state index in [1.807, 2.05) is 30.5 Å². The lowest BCUT2D eigenvalue weighted by atomic mass is 10.1. The number of aromatic nitrogens is 1. The minimum Gasteiger partial charge on any atom is -0.462 e. The van der Waals surface area contributed by atoms with Gasteiger partial charge in [0, 0.05) is 18.4 Å². The van der Waals surface area contributed by atoms with Crippen molar-refractivity contribution in [1.82, 2.24) is 4.57 Å². The van der Waals surface area contributed by atoms with Crippen LogP contribution in [0.4, 0.5) is 0 Å². The number of hydrogen-bond acceptors (Lipinski definition) is 3. The van der Waals surface area contributed by atoms with Crippen LogP contribution >= 0.6 is 12.2 Å². The molecule has 1 aromatic carbocycles. The largest absolute Gasteiger partial charge is 0.462 e. The quantitative estimate of drug-likeness (QED) is 0.395. The second-order valence-electron chi connectivity index (χ2n) is 5.42. The van der Waals surface area contributed by atoms with Crippen LogP contribution in [0.15, 0.2) is 42.6 Å². The number of ether oxygens (including phenoxy) is 1. The molecule has 0 aliphatic carbocycles. The number of benzene rings is 1. The Morgan fingerprint density at radius 3 is 2.57 bits per heavy atom. The van der Waals surface area contributed by atoms with Crippen LogP contribution in [0.2, 0.25) is 0 Å². The highest BCUT2D eigenvalue weighted by molar-refractivity contribution is 7.71. The van der Waals surface area contributed by atoms with Gasteiger partial charge in [-0.3, -0.25) is 0 Å². The van der Waals surface area contributed by atoms with Crippen molar-refractivity contribution < 1.29 is 9.53 Å². The molecular weight excluding hydrogens is 306 g/mol. The average molecular weight is 329 g/mol. The highest BCUT2D eigenvalue weighted by Gasteiger charge is 2.13. The van der Waals surface area contributed by atoms with E-state index in [-0.39, 0.29) is 5.97 Å². The van der Waals surface area contributed by atoms with Gasteiger partial charge in [0.05, 0.1) is 16.7 Å². The average Bonchev–Trinajstić information content (AvgIpc) is 2.57. The lowest BCUT2D eigenvalue weighted by Crippen LogP contribution is -2.11. The van der Waals surface area contributed by atoms with Gasteiger partial charge in [-0.25, -0.2) is 4.79 Å². The molecule has 0 atom stereocenters. The molecule has 0 unspecified atom stereocenters. The van der Waals surface area contributed by atoms with Gasteiger partial charge in [-0.15, -0.1) is 0 Å². The summed E-state index contributed by atoms with van der Waals surface area (Å²) in [4.78, 5) is 12.1. The first kappa shape index (κ1) is 17.4. The molecule has 23 heavy (non-hydrogen) atoms. The van der Waals surface area contributed by atoms with Gasteiger partial charge in [0.1, 0.15) is 0 Å². The van der Waals surface area contributed by atoms with Crippen molar-refractivity contribution in [2.45, 2.75) is 39.7 Å². The Balaban J connectivity index is 2.46. The van der Waals surface area contributed by atoms with E-state index in [4.69, 9.17) is 17.0 Å². The molecule has 3 nitrogen and oxygen atoms in total. The third-order valence-electron chi connectivity index (χ3n) is 3.70. The Morgan fingerprint density at radius 2 is 1.91 bits per heavy atom. The monoisotopic (exact) mass is 329 g/mol. The van der Waals surface area contributed by atoms with E-state index >= 15 is 0 Å². The highest BCUT2D eigenvalue weighted by atomic mass is 32.1. The Kier molecular flexibility index (Phi) is 6.53. The molecule has 4 heteroatoms. The Labute approximate surface area is 142 Å². The molecule has 0 saturated heterocycles. The first-order valence-electron chi connectivity index (χ1n) is 8.14. The predicted octanol–water partition coefficient (Wildman–Crippen LogP) is 5.25. The van der Waals surface area contributed by atoms with Crippen molar-refractivity contribution in [2.75, 3.05) is 6.61 Å². The van der Waals surface area contributed by atoms with Gasteiger partial charge in [0.25, 0.3) is 0 Å². The van der Waals surface area contributed by atoms with E-state index in [1.54, 1.807) is 6.92 Å². The topological polar surface area (TPSA) is 31.2 Å². The molecule has 0 aliphatic rings. The third-order valence-corrected chi connectivity index (χ3v) is 4.03. The Hall–Kier alpha value is -1.94. The number of carbonyl (C=O) groups excluding carboxylic acids is 1. The summed E-state index contributed by atoms with van der Waals surface area (Å²) in [5.74, 6) is -0.346. The number of rotatable bonds is 7. The van der Waals surface area contributed by atoms with E-state index in [0.29, 0.717) is 16.7 Å². The molecule has 2 aromatic rings. The maximum atomic E-state index is 12.1. The molecule has 0 aliphatic heterocycles. The molecule has 1 aromatic heterocycles.